The predicted octanol–water partition coefficient (Wildman–Crippen LogP) is 0.428. The molecule has 1 N–H and O–H groups in total. The van der Waals surface area contributed by atoms with Crippen molar-refractivity contribution in [1.29, 1.82) is 0 Å². The summed E-state index contributed by atoms with van der Waals surface area (Å²) in [6.45, 7) is 4.42. The summed E-state index contributed by atoms with van der Waals surface area (Å²) >= 11 is 0. The van der Waals surface area contributed by atoms with Gasteiger partial charge in [0.2, 0.25) is 10.0 Å². The Balaban J connectivity index is 1.81. The van der Waals surface area contributed by atoms with E-state index in [2.05, 4.69) is 5.32 Å². The highest BCUT2D eigenvalue weighted by Crippen LogP contribution is 2.18. The number of nitrogens with one attached hydrogen (secondary N) is 1. The van der Waals surface area contributed by atoms with Crippen LogP contribution >= 0.6 is 0 Å². The quantitative estimate of drug-likeness (QED) is 0.809. The molecule has 5 nitrogen and oxygen atoms in total. The number of piperidine rings is 1. The van der Waals surface area contributed by atoms with Crippen molar-refractivity contribution < 1.29 is 13.2 Å². The largest absolute Gasteiger partial charge is 0.380 e. The average molecular weight is 276 g/mol. The Morgan fingerprint density at radius 3 is 2.72 bits per heavy atom. The van der Waals surface area contributed by atoms with Gasteiger partial charge < -0.3 is 10.1 Å². The zero-order valence-electron chi connectivity index (χ0n) is 10.9. The second-order valence-electron chi connectivity index (χ2n) is 5.16. The lowest BCUT2D eigenvalue weighted by Gasteiger charge is -2.24. The van der Waals surface area contributed by atoms with Gasteiger partial charge >= 0.3 is 0 Å². The Morgan fingerprint density at radius 1 is 1.17 bits per heavy atom. The number of hydrogen-bond donors (Lipinski definition) is 1. The SMILES string of the molecule is O=S(=O)(CCC1CCNCC1)N1CCCOCC1. The van der Waals surface area contributed by atoms with Crippen LogP contribution in [-0.4, -0.2) is 57.9 Å². The molecule has 0 aromatic carbocycles. The fourth-order valence-corrected chi connectivity index (χ4v) is 4.27. The number of sulfonamides is 1. The van der Waals surface area contributed by atoms with E-state index in [0.717, 1.165) is 38.8 Å². The molecule has 2 aliphatic heterocycles. The molecule has 0 saturated carbocycles. The Morgan fingerprint density at radius 2 is 1.94 bits per heavy atom. The molecule has 0 bridgehead atoms. The van der Waals surface area contributed by atoms with Crippen molar-refractivity contribution >= 4 is 10.0 Å². The van der Waals surface area contributed by atoms with Gasteiger partial charge in [-0.15, -0.1) is 0 Å². The summed E-state index contributed by atoms with van der Waals surface area (Å²) in [6.07, 6.45) is 3.84. The van der Waals surface area contributed by atoms with Crippen molar-refractivity contribution in [2.75, 3.05) is 45.1 Å². The molecule has 0 aromatic rings. The predicted molar refractivity (Wildman–Crippen MR) is 71.0 cm³/mol. The van der Waals surface area contributed by atoms with Crippen LogP contribution in [0.4, 0.5) is 0 Å². The summed E-state index contributed by atoms with van der Waals surface area (Å²) < 4.78 is 31.4. The molecule has 0 atom stereocenters. The van der Waals surface area contributed by atoms with Gasteiger partial charge in [0.15, 0.2) is 0 Å². The Kier molecular flexibility index (Phi) is 5.41. The van der Waals surface area contributed by atoms with E-state index in [1.165, 1.54) is 0 Å². The van der Waals surface area contributed by atoms with Crippen LogP contribution in [0.15, 0.2) is 0 Å². The maximum atomic E-state index is 12.2. The maximum absolute atomic E-state index is 12.2. The van der Waals surface area contributed by atoms with Gasteiger partial charge in [0.25, 0.3) is 0 Å². The number of nitrogens with zero attached hydrogens (tertiary/aromatic N) is 1. The minimum absolute atomic E-state index is 0.303. The minimum atomic E-state index is -3.07. The first-order valence-corrected chi connectivity index (χ1v) is 8.56. The Bertz CT molecular complexity index is 331. The van der Waals surface area contributed by atoms with E-state index >= 15 is 0 Å². The highest BCUT2D eigenvalue weighted by molar-refractivity contribution is 7.89. The summed E-state index contributed by atoms with van der Waals surface area (Å²) in [5, 5.41) is 3.31. The van der Waals surface area contributed by atoms with Gasteiger partial charge in [0.05, 0.1) is 12.4 Å². The van der Waals surface area contributed by atoms with Gasteiger partial charge in [0, 0.05) is 19.7 Å². The molecular weight excluding hydrogens is 252 g/mol. The van der Waals surface area contributed by atoms with Gasteiger partial charge in [-0.05, 0) is 44.7 Å². The van der Waals surface area contributed by atoms with Crippen LogP contribution in [-0.2, 0) is 14.8 Å². The van der Waals surface area contributed by atoms with Crippen LogP contribution < -0.4 is 5.32 Å². The first-order chi connectivity index (χ1) is 8.68. The summed E-state index contributed by atoms with van der Waals surface area (Å²) in [5.74, 6) is 0.877. The molecule has 2 fully saturated rings. The van der Waals surface area contributed by atoms with Gasteiger partial charge in [-0.1, -0.05) is 0 Å². The molecule has 0 radical (unpaired) electrons. The Labute approximate surface area is 110 Å². The van der Waals surface area contributed by atoms with E-state index in [9.17, 15) is 8.42 Å². The fourth-order valence-electron chi connectivity index (χ4n) is 2.62. The van der Waals surface area contributed by atoms with Crippen molar-refractivity contribution in [3.8, 4) is 0 Å². The third-order valence-electron chi connectivity index (χ3n) is 3.82. The lowest BCUT2D eigenvalue weighted by molar-refractivity contribution is 0.148. The zero-order valence-corrected chi connectivity index (χ0v) is 11.8. The third-order valence-corrected chi connectivity index (χ3v) is 5.72. The molecule has 2 heterocycles. The monoisotopic (exact) mass is 276 g/mol. The summed E-state index contributed by atoms with van der Waals surface area (Å²) in [5.41, 5.74) is 0. The number of hydrogen-bond acceptors (Lipinski definition) is 4. The highest BCUT2D eigenvalue weighted by Gasteiger charge is 2.24. The molecule has 2 saturated heterocycles. The molecular formula is C12H24N2O3S. The lowest BCUT2D eigenvalue weighted by Crippen LogP contribution is -2.36. The molecule has 6 heteroatoms. The molecule has 106 valence electrons. The first-order valence-electron chi connectivity index (χ1n) is 6.95. The van der Waals surface area contributed by atoms with Crippen LogP contribution in [0.5, 0.6) is 0 Å². The van der Waals surface area contributed by atoms with Gasteiger partial charge in [0.1, 0.15) is 0 Å². The van der Waals surface area contributed by atoms with Crippen molar-refractivity contribution in [3.05, 3.63) is 0 Å². The molecule has 2 aliphatic rings. The van der Waals surface area contributed by atoms with Crippen molar-refractivity contribution in [1.82, 2.24) is 9.62 Å². The molecule has 2 rings (SSSR count). The molecule has 0 spiro atoms. The van der Waals surface area contributed by atoms with E-state index in [0.29, 0.717) is 38.0 Å². The second kappa shape index (κ2) is 6.84. The van der Waals surface area contributed by atoms with Gasteiger partial charge in [-0.3, -0.25) is 0 Å². The maximum Gasteiger partial charge on any atom is 0.214 e. The summed E-state index contributed by atoms with van der Waals surface area (Å²) in [6, 6.07) is 0. The van der Waals surface area contributed by atoms with E-state index in [1.807, 2.05) is 0 Å². The molecule has 18 heavy (non-hydrogen) atoms. The molecule has 0 aliphatic carbocycles. The van der Waals surface area contributed by atoms with Crippen molar-refractivity contribution in [2.45, 2.75) is 25.7 Å². The van der Waals surface area contributed by atoms with Crippen molar-refractivity contribution in [3.63, 3.8) is 0 Å². The fraction of sp³-hybridized carbons (Fsp3) is 1.00. The van der Waals surface area contributed by atoms with Gasteiger partial charge in [-0.2, -0.15) is 4.31 Å². The van der Waals surface area contributed by atoms with E-state index < -0.39 is 10.0 Å². The Hall–Kier alpha value is -0.170. The van der Waals surface area contributed by atoms with E-state index in [-0.39, 0.29) is 0 Å². The highest BCUT2D eigenvalue weighted by atomic mass is 32.2. The van der Waals surface area contributed by atoms with Crippen LogP contribution in [0.25, 0.3) is 0 Å². The molecule has 0 aromatic heterocycles. The smallest absolute Gasteiger partial charge is 0.214 e. The topological polar surface area (TPSA) is 58.6 Å². The van der Waals surface area contributed by atoms with Crippen molar-refractivity contribution in [2.24, 2.45) is 5.92 Å². The number of ether oxygens (including phenoxy) is 1. The van der Waals surface area contributed by atoms with E-state index in [4.69, 9.17) is 4.74 Å². The molecule has 0 amide bonds. The standard InChI is InChI=1S/C12H24N2O3S/c15-18(16,14-7-1-9-17-10-8-14)11-4-12-2-5-13-6-3-12/h12-13H,1-11H2. The number of rotatable bonds is 4. The van der Waals surface area contributed by atoms with Crippen LogP contribution in [0, 0.1) is 5.92 Å². The van der Waals surface area contributed by atoms with Crippen LogP contribution in [0.1, 0.15) is 25.7 Å². The van der Waals surface area contributed by atoms with Gasteiger partial charge in [-0.25, -0.2) is 8.42 Å². The zero-order chi connectivity index (χ0) is 12.8. The summed E-state index contributed by atoms with van der Waals surface area (Å²) in [4.78, 5) is 0. The second-order valence-corrected chi connectivity index (χ2v) is 7.25. The first kappa shape index (κ1) is 14.2. The van der Waals surface area contributed by atoms with E-state index in [1.54, 1.807) is 4.31 Å². The lowest BCUT2D eigenvalue weighted by atomic mass is 9.96. The normalized spacial score (nSPS) is 24.9. The average Bonchev–Trinajstić information content (AvgIpc) is 2.67. The van der Waals surface area contributed by atoms with Crippen LogP contribution in [0.3, 0.4) is 0 Å². The minimum Gasteiger partial charge on any atom is -0.380 e. The van der Waals surface area contributed by atoms with Crippen LogP contribution in [0.2, 0.25) is 0 Å². The summed E-state index contributed by atoms with van der Waals surface area (Å²) in [7, 11) is -3.07. The molecule has 0 unspecified atom stereocenters. The third kappa shape index (κ3) is 4.19.